The second-order valence-electron chi connectivity index (χ2n) is 2.97. The molecule has 0 amide bonds. The molecule has 0 aromatic heterocycles. The van der Waals surface area contributed by atoms with Crippen molar-refractivity contribution in [2.75, 3.05) is 27.8 Å². The van der Waals surface area contributed by atoms with E-state index in [1.54, 1.807) is 0 Å². The van der Waals surface area contributed by atoms with Crippen LogP contribution in [0.5, 0.6) is 11.5 Å². The maximum Gasteiger partial charge on any atom is 0.201 e. The summed E-state index contributed by atoms with van der Waals surface area (Å²) >= 11 is 0. The van der Waals surface area contributed by atoms with Gasteiger partial charge in [0, 0.05) is 14.2 Å². The SMILES string of the molecule is COCOc1c(F)ccc(C#N)c1OCOC. The van der Waals surface area contributed by atoms with Crippen LogP contribution in [0.15, 0.2) is 12.1 Å². The van der Waals surface area contributed by atoms with Crippen LogP contribution in [0.4, 0.5) is 4.39 Å². The summed E-state index contributed by atoms with van der Waals surface area (Å²) in [6.07, 6.45) is 0. The Morgan fingerprint density at radius 2 is 1.71 bits per heavy atom. The summed E-state index contributed by atoms with van der Waals surface area (Å²) in [5.74, 6) is -0.790. The van der Waals surface area contributed by atoms with Crippen molar-refractivity contribution in [2.24, 2.45) is 0 Å². The number of hydrogen-bond acceptors (Lipinski definition) is 5. The van der Waals surface area contributed by atoms with Gasteiger partial charge in [-0.3, -0.25) is 0 Å². The minimum Gasteiger partial charge on any atom is -0.462 e. The van der Waals surface area contributed by atoms with Crippen molar-refractivity contribution in [3.63, 3.8) is 0 Å². The van der Waals surface area contributed by atoms with E-state index in [0.717, 1.165) is 6.07 Å². The van der Waals surface area contributed by atoms with Gasteiger partial charge in [-0.15, -0.1) is 0 Å². The van der Waals surface area contributed by atoms with Gasteiger partial charge in [-0.25, -0.2) is 4.39 Å². The summed E-state index contributed by atoms with van der Waals surface area (Å²) in [5.41, 5.74) is 0.162. The third-order valence-electron chi connectivity index (χ3n) is 1.83. The fourth-order valence-electron chi connectivity index (χ4n) is 1.14. The summed E-state index contributed by atoms with van der Waals surface area (Å²) in [4.78, 5) is 0. The highest BCUT2D eigenvalue weighted by Gasteiger charge is 2.16. The minimum atomic E-state index is -0.632. The van der Waals surface area contributed by atoms with Crippen LogP contribution in [0.1, 0.15) is 5.56 Å². The molecule has 1 rings (SSSR count). The van der Waals surface area contributed by atoms with Crippen molar-refractivity contribution in [3.8, 4) is 17.6 Å². The topological polar surface area (TPSA) is 60.7 Å². The number of benzene rings is 1. The van der Waals surface area contributed by atoms with Gasteiger partial charge in [0.05, 0.1) is 5.56 Å². The highest BCUT2D eigenvalue weighted by Crippen LogP contribution is 2.33. The van der Waals surface area contributed by atoms with Gasteiger partial charge in [-0.2, -0.15) is 5.26 Å². The lowest BCUT2D eigenvalue weighted by molar-refractivity contribution is 0.0298. The van der Waals surface area contributed by atoms with E-state index in [1.165, 1.54) is 20.3 Å². The van der Waals surface area contributed by atoms with E-state index in [1.807, 2.05) is 6.07 Å². The molecule has 0 fully saturated rings. The molecule has 0 aliphatic carbocycles. The minimum absolute atomic E-state index is 0.00593. The fourth-order valence-corrected chi connectivity index (χ4v) is 1.14. The normalized spacial score (nSPS) is 9.76. The van der Waals surface area contributed by atoms with Crippen LogP contribution in [0, 0.1) is 17.1 Å². The molecular formula is C11H12FNO4. The summed E-state index contributed by atoms with van der Waals surface area (Å²) < 4.78 is 33.0. The van der Waals surface area contributed by atoms with E-state index < -0.39 is 5.82 Å². The molecule has 0 radical (unpaired) electrons. The zero-order chi connectivity index (χ0) is 12.7. The van der Waals surface area contributed by atoms with Gasteiger partial charge >= 0.3 is 0 Å². The van der Waals surface area contributed by atoms with Crippen LogP contribution < -0.4 is 9.47 Å². The van der Waals surface area contributed by atoms with Crippen molar-refractivity contribution < 1.29 is 23.3 Å². The average Bonchev–Trinajstić information content (AvgIpc) is 2.35. The maximum absolute atomic E-state index is 13.5. The molecule has 0 aliphatic rings. The first-order chi connectivity index (χ1) is 8.24. The number of halogens is 1. The number of methoxy groups -OCH3 is 2. The highest BCUT2D eigenvalue weighted by molar-refractivity contribution is 5.53. The molecule has 0 aliphatic heterocycles. The van der Waals surface area contributed by atoms with E-state index >= 15 is 0 Å². The molecule has 0 bridgehead atoms. The number of hydrogen-bond donors (Lipinski definition) is 0. The molecule has 1 aromatic carbocycles. The quantitative estimate of drug-likeness (QED) is 0.709. The Balaban J connectivity index is 3.08. The lowest BCUT2D eigenvalue weighted by Gasteiger charge is -2.13. The third kappa shape index (κ3) is 3.31. The molecule has 0 atom stereocenters. The molecule has 0 saturated carbocycles. The Morgan fingerprint density at radius 1 is 1.12 bits per heavy atom. The molecule has 0 unspecified atom stereocenters. The van der Waals surface area contributed by atoms with Gasteiger partial charge in [0.25, 0.3) is 0 Å². The predicted octanol–water partition coefficient (Wildman–Crippen LogP) is 1.66. The third-order valence-corrected chi connectivity index (χ3v) is 1.83. The Labute approximate surface area is 98.3 Å². The molecule has 92 valence electrons. The molecule has 0 heterocycles. The number of nitriles is 1. The molecule has 6 heteroatoms. The number of rotatable bonds is 6. The lowest BCUT2D eigenvalue weighted by Crippen LogP contribution is -2.07. The summed E-state index contributed by atoms with van der Waals surface area (Å²) in [6.45, 7) is -0.253. The van der Waals surface area contributed by atoms with Gasteiger partial charge in [-0.1, -0.05) is 0 Å². The molecule has 1 aromatic rings. The van der Waals surface area contributed by atoms with Crippen molar-refractivity contribution in [1.29, 1.82) is 5.26 Å². The Morgan fingerprint density at radius 3 is 2.24 bits per heavy atom. The second kappa shape index (κ2) is 6.68. The molecule has 17 heavy (non-hydrogen) atoms. The summed E-state index contributed by atoms with van der Waals surface area (Å²) in [5, 5.41) is 8.88. The molecule has 0 N–H and O–H groups in total. The first kappa shape index (κ1) is 13.2. The van der Waals surface area contributed by atoms with Crippen LogP contribution in [0.25, 0.3) is 0 Å². The van der Waals surface area contributed by atoms with Gasteiger partial charge in [-0.05, 0) is 12.1 Å². The highest BCUT2D eigenvalue weighted by atomic mass is 19.1. The number of nitrogens with zero attached hydrogens (tertiary/aromatic N) is 1. The molecule has 0 saturated heterocycles. The van der Waals surface area contributed by atoms with Crippen LogP contribution in [-0.4, -0.2) is 27.8 Å². The molecular weight excluding hydrogens is 229 g/mol. The van der Waals surface area contributed by atoms with E-state index in [4.69, 9.17) is 19.5 Å². The van der Waals surface area contributed by atoms with Crippen molar-refractivity contribution in [2.45, 2.75) is 0 Å². The Hall–Kier alpha value is -1.84. The average molecular weight is 241 g/mol. The number of ether oxygens (including phenoxy) is 4. The lowest BCUT2D eigenvalue weighted by atomic mass is 10.2. The van der Waals surface area contributed by atoms with Gasteiger partial charge < -0.3 is 18.9 Å². The van der Waals surface area contributed by atoms with Gasteiger partial charge in [0.1, 0.15) is 6.07 Å². The maximum atomic E-state index is 13.5. The smallest absolute Gasteiger partial charge is 0.201 e. The van der Waals surface area contributed by atoms with Crippen LogP contribution >= 0.6 is 0 Å². The van der Waals surface area contributed by atoms with E-state index in [9.17, 15) is 4.39 Å². The largest absolute Gasteiger partial charge is 0.462 e. The predicted molar refractivity (Wildman–Crippen MR) is 56.1 cm³/mol. The van der Waals surface area contributed by atoms with Crippen LogP contribution in [-0.2, 0) is 9.47 Å². The van der Waals surface area contributed by atoms with Crippen molar-refractivity contribution in [3.05, 3.63) is 23.5 Å². The fraction of sp³-hybridized carbons (Fsp3) is 0.364. The Kier molecular flexibility index (Phi) is 5.20. The van der Waals surface area contributed by atoms with Gasteiger partial charge in [0.2, 0.25) is 5.75 Å². The molecule has 5 nitrogen and oxygen atoms in total. The zero-order valence-electron chi connectivity index (χ0n) is 9.53. The summed E-state index contributed by atoms with van der Waals surface area (Å²) in [6, 6.07) is 4.31. The van der Waals surface area contributed by atoms with E-state index in [-0.39, 0.29) is 30.6 Å². The van der Waals surface area contributed by atoms with Crippen molar-refractivity contribution in [1.82, 2.24) is 0 Å². The van der Waals surface area contributed by atoms with Crippen LogP contribution in [0.3, 0.4) is 0 Å². The van der Waals surface area contributed by atoms with Gasteiger partial charge in [0.15, 0.2) is 25.2 Å². The van der Waals surface area contributed by atoms with E-state index in [2.05, 4.69) is 4.74 Å². The van der Waals surface area contributed by atoms with Crippen LogP contribution in [0.2, 0.25) is 0 Å². The standard InChI is InChI=1S/C11H12FNO4/c1-14-6-16-10-8(5-13)3-4-9(12)11(10)17-7-15-2/h3-4H,6-7H2,1-2H3. The Bertz CT molecular complexity index is 417. The van der Waals surface area contributed by atoms with Crippen molar-refractivity contribution >= 4 is 0 Å². The van der Waals surface area contributed by atoms with E-state index in [0.29, 0.717) is 0 Å². The first-order valence-corrected chi connectivity index (χ1v) is 4.70. The first-order valence-electron chi connectivity index (χ1n) is 4.70. The zero-order valence-corrected chi connectivity index (χ0v) is 9.53. The summed E-state index contributed by atoms with van der Waals surface area (Å²) in [7, 11) is 2.82. The second-order valence-corrected chi connectivity index (χ2v) is 2.97. The molecule has 0 spiro atoms. The monoisotopic (exact) mass is 241 g/mol.